The molecule has 3 aromatic rings. The van der Waals surface area contributed by atoms with E-state index in [0.29, 0.717) is 17.8 Å². The number of aromatic amines is 2. The number of ether oxygens (including phenoxy) is 3. The summed E-state index contributed by atoms with van der Waals surface area (Å²) in [5, 5.41) is 0. The molecule has 2 aliphatic carbocycles. The fraction of sp³-hybridized carbons (Fsp3) is 0.405. The zero-order chi connectivity index (χ0) is 38.3. The Morgan fingerprint density at radius 1 is 0.870 bits per heavy atom. The highest BCUT2D eigenvalue weighted by atomic mass is 32.2. The highest BCUT2D eigenvalue weighted by Gasteiger charge is 2.54. The van der Waals surface area contributed by atoms with Crippen LogP contribution < -0.4 is 0 Å². The number of H-pyrrole nitrogens is 2. The number of aromatic nitrogens is 4. The second-order valence-electron chi connectivity index (χ2n) is 14.6. The molecule has 0 radical (unpaired) electrons. The van der Waals surface area contributed by atoms with Gasteiger partial charge < -0.3 is 24.2 Å². The average molecular weight is 765 g/mol. The lowest BCUT2D eigenvalue weighted by Crippen LogP contribution is -2.42. The molecule has 8 bridgehead atoms. The summed E-state index contributed by atoms with van der Waals surface area (Å²) in [5.74, 6) is -0.348. The maximum absolute atomic E-state index is 13.8. The Balaban J connectivity index is 1.53. The first kappa shape index (κ1) is 36.4. The minimum Gasteiger partial charge on any atom is -0.469 e. The fourth-order valence-corrected chi connectivity index (χ4v) is 12.6. The Hall–Kier alpha value is -4.55. The molecule has 280 valence electrons. The summed E-state index contributed by atoms with van der Waals surface area (Å²) in [4.78, 5) is 57.9. The smallest absolute Gasteiger partial charge is 0.334 e. The molecule has 2 N–H and O–H groups in total. The third-order valence-electron chi connectivity index (χ3n) is 12.0. The Kier molecular flexibility index (Phi) is 8.99. The number of hydrogen-bond donors (Lipinski definition) is 2. The van der Waals surface area contributed by atoms with Crippen LogP contribution in [0.25, 0.3) is 38.8 Å². The summed E-state index contributed by atoms with van der Waals surface area (Å²) in [6.45, 7) is 10.5. The van der Waals surface area contributed by atoms with Gasteiger partial charge in [0.05, 0.1) is 59.2 Å². The van der Waals surface area contributed by atoms with Crippen LogP contribution in [0.5, 0.6) is 0 Å². The van der Waals surface area contributed by atoms with Gasteiger partial charge in [-0.25, -0.2) is 9.78 Å². The molecule has 10 nitrogen and oxygen atoms in total. The van der Waals surface area contributed by atoms with Crippen LogP contribution in [0.1, 0.15) is 77.8 Å². The molecule has 8 rings (SSSR count). The normalized spacial score (nSPS) is 20.9. The van der Waals surface area contributed by atoms with Gasteiger partial charge in [0.1, 0.15) is 5.92 Å². The molecule has 54 heavy (non-hydrogen) atoms. The minimum atomic E-state index is -1.09. The van der Waals surface area contributed by atoms with Crippen molar-refractivity contribution < 1.29 is 28.6 Å². The lowest BCUT2D eigenvalue weighted by atomic mass is 9.64. The minimum absolute atomic E-state index is 0.154. The van der Waals surface area contributed by atoms with Gasteiger partial charge in [0.2, 0.25) is 0 Å². The van der Waals surface area contributed by atoms with Crippen molar-refractivity contribution in [3.63, 3.8) is 0 Å². The first-order valence-corrected chi connectivity index (χ1v) is 20.3. The summed E-state index contributed by atoms with van der Waals surface area (Å²) in [6, 6.07) is 6.22. The molecule has 3 aromatic heterocycles. The van der Waals surface area contributed by atoms with Crippen molar-refractivity contribution in [3.8, 4) is 0 Å². The highest BCUT2D eigenvalue weighted by molar-refractivity contribution is 8.22. The van der Waals surface area contributed by atoms with Gasteiger partial charge in [-0.15, -0.1) is 23.5 Å². The Morgan fingerprint density at radius 3 is 2.26 bits per heavy atom. The van der Waals surface area contributed by atoms with Gasteiger partial charge in [0, 0.05) is 57.6 Å². The molecule has 1 fully saturated rings. The number of fused-ring (bicyclic) bond motifs is 12. The van der Waals surface area contributed by atoms with E-state index in [1.54, 1.807) is 6.08 Å². The Morgan fingerprint density at radius 2 is 1.57 bits per heavy atom. The van der Waals surface area contributed by atoms with Crippen LogP contribution in [-0.2, 0) is 53.3 Å². The number of allylic oxidation sites excluding steroid dienone is 4. The molecule has 0 unspecified atom stereocenters. The average Bonchev–Trinajstić information content (AvgIpc) is 4.00. The van der Waals surface area contributed by atoms with Crippen LogP contribution in [0.15, 0.2) is 35.9 Å². The molecule has 12 heteroatoms. The number of aryl methyl sites for hydroxylation is 4. The first-order valence-electron chi connectivity index (χ1n) is 18.3. The predicted molar refractivity (Wildman–Crippen MR) is 215 cm³/mol. The van der Waals surface area contributed by atoms with E-state index in [0.717, 1.165) is 85.6 Å². The van der Waals surface area contributed by atoms with E-state index in [4.69, 9.17) is 24.2 Å². The highest BCUT2D eigenvalue weighted by Crippen LogP contribution is 2.62. The van der Waals surface area contributed by atoms with Gasteiger partial charge in [0.15, 0.2) is 0 Å². The van der Waals surface area contributed by atoms with Crippen LogP contribution in [-0.4, -0.2) is 74.8 Å². The van der Waals surface area contributed by atoms with E-state index in [1.165, 1.54) is 38.0 Å². The molecule has 6 heterocycles. The van der Waals surface area contributed by atoms with E-state index in [-0.39, 0.29) is 22.0 Å². The van der Waals surface area contributed by atoms with Gasteiger partial charge in [-0.3, -0.25) is 14.6 Å². The lowest BCUT2D eigenvalue weighted by molar-refractivity contribution is -0.149. The van der Waals surface area contributed by atoms with Crippen LogP contribution in [0.3, 0.4) is 0 Å². The molecule has 3 aliphatic heterocycles. The Labute approximate surface area is 322 Å². The van der Waals surface area contributed by atoms with Gasteiger partial charge >= 0.3 is 17.9 Å². The van der Waals surface area contributed by atoms with Crippen molar-refractivity contribution >= 4 is 80.2 Å². The van der Waals surface area contributed by atoms with Crippen molar-refractivity contribution in [2.45, 2.75) is 69.8 Å². The van der Waals surface area contributed by atoms with E-state index >= 15 is 0 Å². The van der Waals surface area contributed by atoms with Gasteiger partial charge in [0.25, 0.3) is 0 Å². The second-order valence-corrected chi connectivity index (χ2v) is 17.7. The Bertz CT molecular complexity index is 2450. The quantitative estimate of drug-likeness (QED) is 0.192. The summed E-state index contributed by atoms with van der Waals surface area (Å²) in [5.41, 5.74) is 14.7. The SMILES string of the molecule is CCc1c(C)c2cc3nc(cc4[nH]c(c5c6nc(cc1[nH]2)C(C)=C6C1(C5)SCCS1)c(CCC(=O)OC)c4C)[C@]1(C)C3=CC=C(C(=O)OC)[C@@H]1C(=O)OC. The van der Waals surface area contributed by atoms with Crippen molar-refractivity contribution in [2.24, 2.45) is 5.92 Å². The number of rotatable bonds is 6. The third-order valence-corrected chi connectivity index (χ3v) is 15.4. The standard InChI is InChI=1S/C42H44N4O6S2/c1-9-23-20(2)28-17-32-27-12-10-25(39(48)51-7)36(40(49)52-8)41(27,5)33(44-32)18-30-21(3)24(11-13-34(47)50-6)37(45-30)26-19-42(53-14-15-54-42)35-22(4)29(46-38(26)35)16-31(23)43-28/h10,12,16-18,36,43,45H,9,11,13-15,19H2,1-8H3/t36-,41+/m1/s1. The molecular weight excluding hydrogens is 721 g/mol. The molecule has 0 saturated carbocycles. The van der Waals surface area contributed by atoms with Crippen molar-refractivity contribution in [1.82, 2.24) is 19.9 Å². The van der Waals surface area contributed by atoms with Crippen LogP contribution >= 0.6 is 23.5 Å². The summed E-state index contributed by atoms with van der Waals surface area (Å²) < 4.78 is 15.5. The van der Waals surface area contributed by atoms with Gasteiger partial charge in [-0.05, 0) is 92.1 Å². The number of nitrogens with one attached hydrogen (secondary N) is 2. The summed E-state index contributed by atoms with van der Waals surface area (Å²) in [7, 11) is 4.06. The molecule has 0 aromatic carbocycles. The van der Waals surface area contributed by atoms with Crippen LogP contribution in [0.4, 0.5) is 0 Å². The molecule has 2 atom stereocenters. The molecule has 5 aliphatic rings. The number of thioether (sulfide) groups is 2. The number of esters is 3. The predicted octanol–water partition coefficient (Wildman–Crippen LogP) is 7.51. The first-order chi connectivity index (χ1) is 25.9. The third kappa shape index (κ3) is 5.26. The molecular formula is C42H44N4O6S2. The lowest BCUT2D eigenvalue weighted by Gasteiger charge is -2.36. The molecule has 0 amide bonds. The van der Waals surface area contributed by atoms with Crippen molar-refractivity contribution in [3.05, 3.63) is 86.5 Å². The number of hydrogen-bond acceptors (Lipinski definition) is 10. The maximum atomic E-state index is 13.8. The van der Waals surface area contributed by atoms with E-state index in [9.17, 15) is 14.4 Å². The summed E-state index contributed by atoms with van der Waals surface area (Å²) >= 11 is 4.00. The van der Waals surface area contributed by atoms with Gasteiger partial charge in [-0.1, -0.05) is 19.1 Å². The van der Waals surface area contributed by atoms with Gasteiger partial charge in [-0.2, -0.15) is 0 Å². The zero-order valence-corrected chi connectivity index (χ0v) is 33.5. The monoisotopic (exact) mass is 764 g/mol. The van der Waals surface area contributed by atoms with Crippen LogP contribution in [0, 0.1) is 19.8 Å². The number of nitrogens with zero attached hydrogens (tertiary/aromatic N) is 2. The fourth-order valence-electron chi connectivity index (χ4n) is 9.14. The topological polar surface area (TPSA) is 136 Å². The van der Waals surface area contributed by atoms with E-state index in [2.05, 4.69) is 43.7 Å². The van der Waals surface area contributed by atoms with E-state index in [1.807, 2.05) is 48.7 Å². The largest absolute Gasteiger partial charge is 0.469 e. The zero-order valence-electron chi connectivity index (χ0n) is 31.9. The molecule has 1 spiro atoms. The molecule has 1 saturated heterocycles. The summed E-state index contributed by atoms with van der Waals surface area (Å²) in [6.07, 6.45) is 5.83. The van der Waals surface area contributed by atoms with Crippen molar-refractivity contribution in [1.29, 1.82) is 0 Å². The number of methoxy groups -OCH3 is 3. The number of carbonyl (C=O) groups excluding carboxylic acids is 3. The van der Waals surface area contributed by atoms with Crippen molar-refractivity contribution in [2.75, 3.05) is 32.8 Å². The van der Waals surface area contributed by atoms with Crippen LogP contribution in [0.2, 0.25) is 0 Å². The number of carbonyl (C=O) groups is 3. The van der Waals surface area contributed by atoms with E-state index < -0.39 is 23.3 Å². The second kappa shape index (κ2) is 13.3. The maximum Gasteiger partial charge on any atom is 0.334 e.